The molecule has 22 heavy (non-hydrogen) atoms. The molecule has 0 aromatic heterocycles. The number of likely N-dealkylation sites (N-methyl/N-ethyl adjacent to an activating group) is 1. The fraction of sp³-hybridized carbons (Fsp3) is 0.308. The predicted molar refractivity (Wildman–Crippen MR) is 70.2 cm³/mol. The molecule has 0 bridgehead atoms. The maximum absolute atomic E-state index is 13.9. The minimum absolute atomic E-state index is 0.0661. The molecule has 1 atom stereocenters. The number of halogens is 3. The zero-order valence-electron chi connectivity index (χ0n) is 11.4. The van der Waals surface area contributed by atoms with Crippen LogP contribution in [-0.2, 0) is 4.79 Å². The minimum Gasteiger partial charge on any atom is -0.423 e. The quantitative estimate of drug-likeness (QED) is 0.343. The lowest BCUT2D eigenvalue weighted by Gasteiger charge is -2.13. The topological polar surface area (TPSA) is 81.0 Å². The summed E-state index contributed by atoms with van der Waals surface area (Å²) >= 11 is 0. The van der Waals surface area contributed by atoms with E-state index in [4.69, 9.17) is 10.0 Å². The summed E-state index contributed by atoms with van der Waals surface area (Å²) in [5.74, 6) is -1.45. The molecule has 116 valence electrons. The number of hydrogen-bond acceptors (Lipinski definition) is 4. The third-order valence-corrected chi connectivity index (χ3v) is 3.37. The molecular formula is C13H11BF3NO4. The van der Waals surface area contributed by atoms with Crippen LogP contribution in [0.5, 0.6) is 0 Å². The molecule has 5 nitrogen and oxygen atoms in total. The van der Waals surface area contributed by atoms with Crippen molar-refractivity contribution in [3.05, 3.63) is 29.1 Å². The average molecular weight is 313 g/mol. The van der Waals surface area contributed by atoms with Crippen molar-refractivity contribution in [1.82, 2.24) is 4.90 Å². The Hall–Kier alpha value is -2.02. The number of nitrogens with zero attached hydrogens (tertiary/aromatic N) is 1. The average Bonchev–Trinajstić information content (AvgIpc) is 2.71. The first-order chi connectivity index (χ1) is 10.2. The molecule has 0 saturated carbocycles. The summed E-state index contributed by atoms with van der Waals surface area (Å²) in [7, 11) is -0.941. The highest BCUT2D eigenvalue weighted by Gasteiger charge is 2.42. The number of benzene rings is 1. The summed E-state index contributed by atoms with van der Waals surface area (Å²) < 4.78 is 40.9. The van der Waals surface area contributed by atoms with Gasteiger partial charge < -0.3 is 20.1 Å². The van der Waals surface area contributed by atoms with Crippen LogP contribution >= 0.6 is 0 Å². The molecule has 0 aliphatic carbocycles. The van der Waals surface area contributed by atoms with Crippen molar-refractivity contribution in [2.75, 3.05) is 13.6 Å². The standard InChI is InChI=1S/C13H11BF3NO4/c1-18-5-4-13(20,12(18)19)3-2-7-10(16)8(14(21)22)6-9(15)11(7)17/h6,20-22H,4-5H2,1H3. The summed E-state index contributed by atoms with van der Waals surface area (Å²) in [6.45, 7) is 0.207. The van der Waals surface area contributed by atoms with Crippen LogP contribution in [0.3, 0.4) is 0 Å². The van der Waals surface area contributed by atoms with Crippen molar-refractivity contribution in [3.8, 4) is 11.8 Å². The van der Waals surface area contributed by atoms with Gasteiger partial charge in [-0.3, -0.25) is 4.79 Å². The molecule has 3 N–H and O–H groups in total. The van der Waals surface area contributed by atoms with Gasteiger partial charge in [-0.2, -0.15) is 0 Å². The Morgan fingerprint density at radius 3 is 2.45 bits per heavy atom. The maximum atomic E-state index is 13.9. The molecule has 0 radical (unpaired) electrons. The van der Waals surface area contributed by atoms with Gasteiger partial charge in [0.05, 0.1) is 5.56 Å². The smallest absolute Gasteiger partial charge is 0.423 e. The van der Waals surface area contributed by atoms with E-state index in [0.717, 1.165) is 0 Å². The van der Waals surface area contributed by atoms with Crippen LogP contribution in [0, 0.1) is 29.3 Å². The van der Waals surface area contributed by atoms with Gasteiger partial charge in [0.2, 0.25) is 5.60 Å². The minimum atomic E-state index is -2.36. The lowest BCUT2D eigenvalue weighted by molar-refractivity contribution is -0.137. The van der Waals surface area contributed by atoms with E-state index in [1.54, 1.807) is 0 Å². The second-order valence-electron chi connectivity index (χ2n) is 4.91. The van der Waals surface area contributed by atoms with Gasteiger partial charge in [-0.1, -0.05) is 11.8 Å². The molecule has 1 aliphatic heterocycles. The van der Waals surface area contributed by atoms with Gasteiger partial charge in [0.25, 0.3) is 5.91 Å². The van der Waals surface area contributed by atoms with Crippen LogP contribution in [0.2, 0.25) is 0 Å². The van der Waals surface area contributed by atoms with E-state index in [2.05, 4.69) is 0 Å². The molecule has 1 aromatic carbocycles. The van der Waals surface area contributed by atoms with Gasteiger partial charge >= 0.3 is 7.12 Å². The number of amides is 1. The van der Waals surface area contributed by atoms with Gasteiger partial charge in [0.15, 0.2) is 11.6 Å². The summed E-state index contributed by atoms with van der Waals surface area (Å²) in [4.78, 5) is 12.9. The van der Waals surface area contributed by atoms with Crippen molar-refractivity contribution in [2.24, 2.45) is 0 Å². The van der Waals surface area contributed by atoms with Crippen molar-refractivity contribution in [1.29, 1.82) is 0 Å². The fourth-order valence-corrected chi connectivity index (χ4v) is 2.06. The van der Waals surface area contributed by atoms with E-state index in [0.29, 0.717) is 6.07 Å². The third kappa shape index (κ3) is 2.68. The Kier molecular flexibility index (Phi) is 4.20. The summed E-state index contributed by atoms with van der Waals surface area (Å²) in [6.07, 6.45) is -0.0661. The van der Waals surface area contributed by atoms with Crippen LogP contribution in [-0.4, -0.2) is 52.3 Å². The molecule has 1 fully saturated rings. The molecule has 1 heterocycles. The number of carbonyl (C=O) groups is 1. The Bertz CT molecular complexity index is 701. The molecule has 1 aliphatic rings. The van der Waals surface area contributed by atoms with Crippen molar-refractivity contribution in [3.63, 3.8) is 0 Å². The molecule has 1 saturated heterocycles. The Morgan fingerprint density at radius 1 is 1.32 bits per heavy atom. The zero-order valence-corrected chi connectivity index (χ0v) is 11.4. The summed E-state index contributed by atoms with van der Waals surface area (Å²) in [5, 5.41) is 27.9. The highest BCUT2D eigenvalue weighted by atomic mass is 19.2. The second-order valence-corrected chi connectivity index (χ2v) is 4.91. The first-order valence-electron chi connectivity index (χ1n) is 6.22. The van der Waals surface area contributed by atoms with E-state index in [9.17, 15) is 23.1 Å². The Balaban J connectivity index is 2.52. The molecule has 0 spiro atoms. The molecule has 9 heteroatoms. The van der Waals surface area contributed by atoms with E-state index >= 15 is 0 Å². The fourth-order valence-electron chi connectivity index (χ4n) is 2.06. The van der Waals surface area contributed by atoms with Gasteiger partial charge in [-0.05, 0) is 6.07 Å². The molecule has 1 unspecified atom stereocenters. The van der Waals surface area contributed by atoms with Crippen molar-refractivity contribution in [2.45, 2.75) is 12.0 Å². The lowest BCUT2D eigenvalue weighted by atomic mass is 9.78. The maximum Gasteiger partial charge on any atom is 0.491 e. The van der Waals surface area contributed by atoms with E-state index < -0.39 is 47.1 Å². The third-order valence-electron chi connectivity index (χ3n) is 3.37. The van der Waals surface area contributed by atoms with Gasteiger partial charge in [0.1, 0.15) is 5.82 Å². The van der Waals surface area contributed by atoms with Gasteiger partial charge in [-0.15, -0.1) is 0 Å². The summed E-state index contributed by atoms with van der Waals surface area (Å²) in [5.41, 5.74) is -4.10. The largest absolute Gasteiger partial charge is 0.491 e. The lowest BCUT2D eigenvalue weighted by Crippen LogP contribution is -2.37. The number of aliphatic hydroxyl groups is 1. The number of hydrogen-bond donors (Lipinski definition) is 3. The highest BCUT2D eigenvalue weighted by molar-refractivity contribution is 6.58. The van der Waals surface area contributed by atoms with Crippen LogP contribution < -0.4 is 5.46 Å². The molecule has 2 rings (SSSR count). The van der Waals surface area contributed by atoms with Crippen molar-refractivity contribution < 1.29 is 33.1 Å². The highest BCUT2D eigenvalue weighted by Crippen LogP contribution is 2.21. The second kappa shape index (κ2) is 5.64. The molecule has 1 amide bonds. The van der Waals surface area contributed by atoms with E-state index in [-0.39, 0.29) is 13.0 Å². The number of rotatable bonds is 1. The molecule has 1 aromatic rings. The number of carbonyl (C=O) groups excluding carboxylic acids is 1. The van der Waals surface area contributed by atoms with Crippen LogP contribution in [0.25, 0.3) is 0 Å². The SMILES string of the molecule is CN1CCC(O)(C#Cc2c(F)c(F)cc(B(O)O)c2F)C1=O. The number of likely N-dealkylation sites (tertiary alicyclic amines) is 1. The van der Waals surface area contributed by atoms with Crippen LogP contribution in [0.1, 0.15) is 12.0 Å². The zero-order chi connectivity index (χ0) is 16.7. The molecular weight excluding hydrogens is 302 g/mol. The monoisotopic (exact) mass is 313 g/mol. The van der Waals surface area contributed by atoms with E-state index in [1.807, 2.05) is 11.8 Å². The van der Waals surface area contributed by atoms with Gasteiger partial charge in [-0.25, -0.2) is 13.2 Å². The first-order valence-corrected chi connectivity index (χ1v) is 6.22. The van der Waals surface area contributed by atoms with E-state index in [1.165, 1.54) is 11.9 Å². The van der Waals surface area contributed by atoms with Gasteiger partial charge in [0, 0.05) is 25.5 Å². The van der Waals surface area contributed by atoms with Crippen LogP contribution in [0.4, 0.5) is 13.2 Å². The summed E-state index contributed by atoms with van der Waals surface area (Å²) in [6, 6.07) is 0.295. The van der Waals surface area contributed by atoms with Crippen molar-refractivity contribution >= 4 is 18.5 Å². The predicted octanol–water partition coefficient (Wildman–Crippen LogP) is -1.27. The normalized spacial score (nSPS) is 20.9. The Labute approximate surface area is 124 Å². The first kappa shape index (κ1) is 16.4. The Morgan fingerprint density at radius 2 is 1.95 bits per heavy atom. The van der Waals surface area contributed by atoms with Crippen LogP contribution in [0.15, 0.2) is 6.07 Å².